The normalized spacial score (nSPS) is 17.6. The molecule has 4 heteroatoms. The fraction of sp³-hybridized carbons (Fsp3) is 0.500. The van der Waals surface area contributed by atoms with Gasteiger partial charge in [0.1, 0.15) is 0 Å². The number of anilines is 1. The van der Waals surface area contributed by atoms with Gasteiger partial charge in [0, 0.05) is 31.4 Å². The van der Waals surface area contributed by atoms with Crippen LogP contribution in [0.4, 0.5) is 5.69 Å². The Balaban J connectivity index is 1.72. The van der Waals surface area contributed by atoms with Crippen molar-refractivity contribution in [1.82, 2.24) is 4.90 Å². The molecule has 0 spiro atoms. The number of benzene rings is 1. The molecule has 0 amide bonds. The van der Waals surface area contributed by atoms with Crippen LogP contribution in [0, 0.1) is 0 Å². The molecule has 2 rings (SSSR count). The van der Waals surface area contributed by atoms with Crippen molar-refractivity contribution in [3.8, 4) is 0 Å². The number of rotatable bonds is 5. The van der Waals surface area contributed by atoms with E-state index in [1.807, 2.05) is 18.2 Å². The summed E-state index contributed by atoms with van der Waals surface area (Å²) in [6, 6.07) is 10.7. The third-order valence-corrected chi connectivity index (χ3v) is 3.37. The Hall–Kier alpha value is -1.55. The zero-order valence-electron chi connectivity index (χ0n) is 10.5. The Labute approximate surface area is 108 Å². The van der Waals surface area contributed by atoms with Gasteiger partial charge >= 0.3 is 5.97 Å². The molecule has 1 aliphatic heterocycles. The molecule has 0 saturated carbocycles. The number of hydrogen-bond donors (Lipinski definition) is 2. The largest absolute Gasteiger partial charge is 0.481 e. The first kappa shape index (κ1) is 12.9. The summed E-state index contributed by atoms with van der Waals surface area (Å²) in [7, 11) is 0. The van der Waals surface area contributed by atoms with Crippen molar-refractivity contribution in [3.63, 3.8) is 0 Å². The van der Waals surface area contributed by atoms with Crippen LogP contribution in [0.1, 0.15) is 19.3 Å². The molecule has 1 aromatic rings. The quantitative estimate of drug-likeness (QED) is 0.837. The van der Waals surface area contributed by atoms with Crippen LogP contribution in [0.5, 0.6) is 0 Å². The van der Waals surface area contributed by atoms with Crippen molar-refractivity contribution in [2.75, 3.05) is 25.0 Å². The fourth-order valence-corrected chi connectivity index (χ4v) is 2.32. The zero-order chi connectivity index (χ0) is 12.8. The van der Waals surface area contributed by atoms with Gasteiger partial charge in [0.05, 0.1) is 6.42 Å². The van der Waals surface area contributed by atoms with Gasteiger partial charge in [-0.3, -0.25) is 4.79 Å². The smallest absolute Gasteiger partial charge is 0.304 e. The molecule has 1 fully saturated rings. The summed E-state index contributed by atoms with van der Waals surface area (Å²) in [5.74, 6) is -0.709. The maximum Gasteiger partial charge on any atom is 0.304 e. The van der Waals surface area contributed by atoms with Crippen LogP contribution in [0.3, 0.4) is 0 Å². The molecule has 2 N–H and O–H groups in total. The molecule has 0 bridgehead atoms. The third kappa shape index (κ3) is 4.04. The first-order valence-electron chi connectivity index (χ1n) is 6.50. The van der Waals surface area contributed by atoms with Gasteiger partial charge in [-0.15, -0.1) is 0 Å². The van der Waals surface area contributed by atoms with Gasteiger partial charge in [0.25, 0.3) is 0 Å². The van der Waals surface area contributed by atoms with E-state index in [0.29, 0.717) is 12.6 Å². The van der Waals surface area contributed by atoms with E-state index in [0.717, 1.165) is 25.9 Å². The molecule has 1 aliphatic rings. The molecule has 0 atom stereocenters. The second kappa shape index (κ2) is 6.40. The van der Waals surface area contributed by atoms with E-state index in [-0.39, 0.29) is 6.42 Å². The monoisotopic (exact) mass is 248 g/mol. The van der Waals surface area contributed by atoms with Gasteiger partial charge in [-0.05, 0) is 25.0 Å². The van der Waals surface area contributed by atoms with Crippen LogP contribution in [-0.2, 0) is 4.79 Å². The van der Waals surface area contributed by atoms with Gasteiger partial charge in [0.2, 0.25) is 0 Å². The summed E-state index contributed by atoms with van der Waals surface area (Å²) >= 11 is 0. The summed E-state index contributed by atoms with van der Waals surface area (Å²) in [6.45, 7) is 2.64. The average molecular weight is 248 g/mol. The maximum absolute atomic E-state index is 10.5. The number of nitrogens with one attached hydrogen (secondary N) is 1. The lowest BCUT2D eigenvalue weighted by Crippen LogP contribution is -2.39. The van der Waals surface area contributed by atoms with Crippen molar-refractivity contribution >= 4 is 11.7 Å². The first-order chi connectivity index (χ1) is 8.74. The molecular formula is C14H20N2O2. The van der Waals surface area contributed by atoms with E-state index in [9.17, 15) is 4.79 Å². The molecule has 0 aliphatic carbocycles. The Morgan fingerprint density at radius 2 is 1.94 bits per heavy atom. The molecule has 0 aromatic heterocycles. The number of carboxylic acid groups (broad SMARTS) is 1. The number of piperidine rings is 1. The molecule has 4 nitrogen and oxygen atoms in total. The lowest BCUT2D eigenvalue weighted by Gasteiger charge is -2.32. The third-order valence-electron chi connectivity index (χ3n) is 3.37. The van der Waals surface area contributed by atoms with E-state index < -0.39 is 5.97 Å². The highest BCUT2D eigenvalue weighted by atomic mass is 16.4. The Morgan fingerprint density at radius 3 is 2.56 bits per heavy atom. The molecular weight excluding hydrogens is 228 g/mol. The number of carbonyl (C=O) groups is 1. The second-order valence-electron chi connectivity index (χ2n) is 4.77. The molecule has 98 valence electrons. The molecule has 0 radical (unpaired) electrons. The Morgan fingerprint density at radius 1 is 1.28 bits per heavy atom. The summed E-state index contributed by atoms with van der Waals surface area (Å²) in [5.41, 5.74) is 1.17. The minimum absolute atomic E-state index is 0.247. The van der Waals surface area contributed by atoms with E-state index >= 15 is 0 Å². The number of carboxylic acids is 1. The predicted molar refractivity (Wildman–Crippen MR) is 71.8 cm³/mol. The first-order valence-corrected chi connectivity index (χ1v) is 6.50. The van der Waals surface area contributed by atoms with Crippen LogP contribution >= 0.6 is 0 Å². The molecule has 0 unspecified atom stereocenters. The second-order valence-corrected chi connectivity index (χ2v) is 4.77. The molecule has 1 saturated heterocycles. The number of hydrogen-bond acceptors (Lipinski definition) is 3. The minimum atomic E-state index is -0.709. The van der Waals surface area contributed by atoms with Gasteiger partial charge in [-0.2, -0.15) is 0 Å². The van der Waals surface area contributed by atoms with Crippen molar-refractivity contribution in [2.24, 2.45) is 0 Å². The lowest BCUT2D eigenvalue weighted by atomic mass is 10.0. The fourth-order valence-electron chi connectivity index (χ4n) is 2.32. The van der Waals surface area contributed by atoms with Crippen molar-refractivity contribution in [3.05, 3.63) is 30.3 Å². The van der Waals surface area contributed by atoms with E-state index in [1.165, 1.54) is 5.69 Å². The van der Waals surface area contributed by atoms with Gasteiger partial charge < -0.3 is 15.3 Å². The predicted octanol–water partition coefficient (Wildman–Crippen LogP) is 2.04. The average Bonchev–Trinajstić information content (AvgIpc) is 2.39. The minimum Gasteiger partial charge on any atom is -0.481 e. The van der Waals surface area contributed by atoms with Crippen LogP contribution in [-0.4, -0.2) is 41.7 Å². The van der Waals surface area contributed by atoms with Crippen molar-refractivity contribution in [1.29, 1.82) is 0 Å². The number of para-hydroxylation sites is 1. The lowest BCUT2D eigenvalue weighted by molar-refractivity contribution is -0.137. The molecule has 1 aromatic carbocycles. The van der Waals surface area contributed by atoms with Crippen LogP contribution in [0.25, 0.3) is 0 Å². The van der Waals surface area contributed by atoms with Crippen LogP contribution in [0.2, 0.25) is 0 Å². The van der Waals surface area contributed by atoms with Crippen LogP contribution < -0.4 is 5.32 Å². The highest BCUT2D eigenvalue weighted by Crippen LogP contribution is 2.16. The van der Waals surface area contributed by atoms with Crippen LogP contribution in [0.15, 0.2) is 30.3 Å². The van der Waals surface area contributed by atoms with Crippen molar-refractivity contribution in [2.45, 2.75) is 25.3 Å². The summed E-state index contributed by atoms with van der Waals surface area (Å²) < 4.78 is 0. The van der Waals surface area contributed by atoms with E-state index in [2.05, 4.69) is 22.3 Å². The van der Waals surface area contributed by atoms with Gasteiger partial charge in [0.15, 0.2) is 0 Å². The highest BCUT2D eigenvalue weighted by molar-refractivity contribution is 5.66. The number of likely N-dealkylation sites (tertiary alicyclic amines) is 1. The SMILES string of the molecule is O=C(O)CCN1CCC(Nc2ccccc2)CC1. The zero-order valence-corrected chi connectivity index (χ0v) is 10.5. The Kier molecular flexibility index (Phi) is 4.59. The van der Waals surface area contributed by atoms with E-state index in [4.69, 9.17) is 5.11 Å². The molecule has 18 heavy (non-hydrogen) atoms. The summed E-state index contributed by atoms with van der Waals surface area (Å²) in [5, 5.41) is 12.2. The summed E-state index contributed by atoms with van der Waals surface area (Å²) in [4.78, 5) is 12.7. The topological polar surface area (TPSA) is 52.6 Å². The standard InChI is InChI=1S/C14H20N2O2/c17-14(18)8-11-16-9-6-13(7-10-16)15-12-4-2-1-3-5-12/h1-5,13,15H,6-11H2,(H,17,18). The number of aliphatic carboxylic acids is 1. The molecule has 1 heterocycles. The van der Waals surface area contributed by atoms with Crippen molar-refractivity contribution < 1.29 is 9.90 Å². The van der Waals surface area contributed by atoms with Gasteiger partial charge in [-0.25, -0.2) is 0 Å². The Bertz CT molecular complexity index is 373. The number of nitrogens with zero attached hydrogens (tertiary/aromatic N) is 1. The highest BCUT2D eigenvalue weighted by Gasteiger charge is 2.19. The van der Waals surface area contributed by atoms with E-state index in [1.54, 1.807) is 0 Å². The summed E-state index contributed by atoms with van der Waals surface area (Å²) in [6.07, 6.45) is 2.40. The maximum atomic E-state index is 10.5. The van der Waals surface area contributed by atoms with Gasteiger partial charge in [-0.1, -0.05) is 18.2 Å².